The van der Waals surface area contributed by atoms with Gasteiger partial charge in [-0.2, -0.15) is 5.10 Å². The second-order valence-corrected chi connectivity index (χ2v) is 7.77. The Morgan fingerprint density at radius 2 is 2.17 bits per heavy atom. The summed E-state index contributed by atoms with van der Waals surface area (Å²) in [7, 11) is 0. The van der Waals surface area contributed by atoms with Crippen LogP contribution in [0.5, 0.6) is 0 Å². The van der Waals surface area contributed by atoms with Crippen molar-refractivity contribution in [1.82, 2.24) is 20.1 Å². The predicted molar refractivity (Wildman–Crippen MR) is 113 cm³/mol. The molecule has 1 aliphatic heterocycles. The number of nitrogens with zero attached hydrogens (tertiary/aromatic N) is 4. The zero-order chi connectivity index (χ0) is 21.4. The molecule has 9 heteroatoms. The average Bonchev–Trinajstić information content (AvgIpc) is 3.14. The first-order valence-corrected chi connectivity index (χ1v) is 10.0. The largest absolute Gasteiger partial charge is 0.394 e. The average molecular weight is 428 g/mol. The quantitative estimate of drug-likeness (QED) is 0.643. The van der Waals surface area contributed by atoms with Crippen molar-refractivity contribution in [3.8, 4) is 0 Å². The van der Waals surface area contributed by atoms with E-state index in [4.69, 9.17) is 22.1 Å². The van der Waals surface area contributed by atoms with Gasteiger partial charge < -0.3 is 20.5 Å². The Kier molecular flexibility index (Phi) is 5.55. The highest BCUT2D eigenvalue weighted by Gasteiger charge is 2.27. The highest BCUT2D eigenvalue weighted by molar-refractivity contribution is 6.29. The SMILES string of the molecule is C[C@H](CO)N(Cc1ccc(Cl)nn1)C(=O)c1ccc2nc(N)c3c(c2c1)CO[C@@H]3C. The summed E-state index contributed by atoms with van der Waals surface area (Å²) in [6, 6.07) is 8.23. The van der Waals surface area contributed by atoms with Gasteiger partial charge in [0.05, 0.1) is 43.1 Å². The topological polar surface area (TPSA) is 114 Å². The van der Waals surface area contributed by atoms with Crippen LogP contribution in [0.15, 0.2) is 30.3 Å². The highest BCUT2D eigenvalue weighted by atomic mass is 35.5. The number of nitrogen functional groups attached to an aromatic ring is 1. The van der Waals surface area contributed by atoms with E-state index in [9.17, 15) is 9.90 Å². The van der Waals surface area contributed by atoms with E-state index in [2.05, 4.69) is 15.2 Å². The summed E-state index contributed by atoms with van der Waals surface area (Å²) in [6.07, 6.45) is -0.134. The number of nitrogens with two attached hydrogens (primary N) is 1. The van der Waals surface area contributed by atoms with Gasteiger partial charge in [-0.1, -0.05) is 11.6 Å². The van der Waals surface area contributed by atoms with Crippen molar-refractivity contribution in [3.63, 3.8) is 0 Å². The van der Waals surface area contributed by atoms with Crippen molar-refractivity contribution in [2.24, 2.45) is 0 Å². The smallest absolute Gasteiger partial charge is 0.254 e. The number of carbonyl (C=O) groups excluding carboxylic acids is 1. The van der Waals surface area contributed by atoms with Gasteiger partial charge in [-0.25, -0.2) is 4.98 Å². The van der Waals surface area contributed by atoms with Gasteiger partial charge in [0, 0.05) is 16.5 Å². The Morgan fingerprint density at radius 3 is 2.87 bits per heavy atom. The lowest BCUT2D eigenvalue weighted by atomic mass is 10.00. The van der Waals surface area contributed by atoms with E-state index in [1.54, 1.807) is 36.1 Å². The Morgan fingerprint density at radius 1 is 1.37 bits per heavy atom. The molecule has 30 heavy (non-hydrogen) atoms. The molecule has 2 atom stereocenters. The number of hydrogen-bond donors (Lipinski definition) is 2. The fourth-order valence-corrected chi connectivity index (χ4v) is 3.79. The molecule has 0 bridgehead atoms. The van der Waals surface area contributed by atoms with Crippen LogP contribution in [0.2, 0.25) is 5.15 Å². The predicted octanol–water partition coefficient (Wildman–Crippen LogP) is 2.87. The molecule has 8 nitrogen and oxygen atoms in total. The number of fused-ring (bicyclic) bond motifs is 3. The molecular weight excluding hydrogens is 406 g/mol. The highest BCUT2D eigenvalue weighted by Crippen LogP contribution is 2.38. The number of ether oxygens (including phenoxy) is 1. The summed E-state index contributed by atoms with van der Waals surface area (Å²) in [6.45, 7) is 4.15. The molecule has 0 spiro atoms. The van der Waals surface area contributed by atoms with E-state index in [0.29, 0.717) is 29.2 Å². The van der Waals surface area contributed by atoms with Gasteiger partial charge in [0.15, 0.2) is 5.15 Å². The number of aliphatic hydroxyl groups excluding tert-OH is 1. The first-order chi connectivity index (χ1) is 14.4. The number of hydrogen-bond acceptors (Lipinski definition) is 7. The van der Waals surface area contributed by atoms with Crippen LogP contribution in [0.25, 0.3) is 10.9 Å². The van der Waals surface area contributed by atoms with Gasteiger partial charge in [0.1, 0.15) is 5.82 Å². The van der Waals surface area contributed by atoms with Crippen LogP contribution in [-0.2, 0) is 17.9 Å². The van der Waals surface area contributed by atoms with E-state index in [1.165, 1.54) is 0 Å². The minimum Gasteiger partial charge on any atom is -0.394 e. The number of halogens is 1. The van der Waals surface area contributed by atoms with Crippen LogP contribution >= 0.6 is 11.6 Å². The zero-order valence-corrected chi connectivity index (χ0v) is 17.4. The third-order valence-electron chi connectivity index (χ3n) is 5.37. The van der Waals surface area contributed by atoms with Crippen molar-refractivity contribution in [1.29, 1.82) is 0 Å². The minimum atomic E-state index is -0.413. The summed E-state index contributed by atoms with van der Waals surface area (Å²) in [4.78, 5) is 19.4. The van der Waals surface area contributed by atoms with Crippen LogP contribution in [0, 0.1) is 0 Å². The lowest BCUT2D eigenvalue weighted by molar-refractivity contribution is 0.0594. The standard InChI is InChI=1S/C21H22ClN5O3/c1-11(9-28)27(8-14-4-6-18(22)26-25-14)21(29)13-3-5-17-15(7-13)16-10-30-12(2)19(16)20(23)24-17/h3-7,11-12,28H,8-10H2,1-2H3,(H2,23,24)/t11-,12-/m1/s1. The number of pyridine rings is 1. The summed E-state index contributed by atoms with van der Waals surface area (Å²) >= 11 is 5.80. The maximum Gasteiger partial charge on any atom is 0.254 e. The molecule has 1 aromatic carbocycles. The third kappa shape index (κ3) is 3.69. The summed E-state index contributed by atoms with van der Waals surface area (Å²) in [5.74, 6) is 0.228. The molecule has 0 saturated carbocycles. The lowest BCUT2D eigenvalue weighted by Crippen LogP contribution is -2.40. The molecule has 0 radical (unpaired) electrons. The molecule has 0 saturated heterocycles. The molecule has 156 valence electrons. The second-order valence-electron chi connectivity index (χ2n) is 7.39. The van der Waals surface area contributed by atoms with Crippen molar-refractivity contribution in [2.75, 3.05) is 12.3 Å². The monoisotopic (exact) mass is 427 g/mol. The van der Waals surface area contributed by atoms with Gasteiger partial charge >= 0.3 is 0 Å². The number of anilines is 1. The molecule has 0 unspecified atom stereocenters. The summed E-state index contributed by atoms with van der Waals surface area (Å²) in [5, 5.41) is 18.7. The van der Waals surface area contributed by atoms with E-state index < -0.39 is 6.04 Å². The first kappa shape index (κ1) is 20.5. The lowest BCUT2D eigenvalue weighted by Gasteiger charge is -2.28. The fraction of sp³-hybridized carbons (Fsp3) is 0.333. The summed E-state index contributed by atoms with van der Waals surface area (Å²) < 4.78 is 5.73. The fourth-order valence-electron chi connectivity index (χ4n) is 3.69. The van der Waals surface area contributed by atoms with Crippen LogP contribution in [0.1, 0.15) is 47.1 Å². The number of aromatic nitrogens is 3. The van der Waals surface area contributed by atoms with Crippen molar-refractivity contribution >= 4 is 34.2 Å². The number of rotatable bonds is 5. The van der Waals surface area contributed by atoms with E-state index in [-0.39, 0.29) is 30.3 Å². The van der Waals surface area contributed by atoms with Crippen LogP contribution in [-0.4, -0.2) is 43.7 Å². The van der Waals surface area contributed by atoms with E-state index in [0.717, 1.165) is 16.5 Å². The van der Waals surface area contributed by atoms with Gasteiger partial charge in [-0.15, -0.1) is 5.10 Å². The minimum absolute atomic E-state index is 0.134. The van der Waals surface area contributed by atoms with Crippen molar-refractivity contribution in [3.05, 3.63) is 57.9 Å². The third-order valence-corrected chi connectivity index (χ3v) is 5.57. The Balaban J connectivity index is 1.72. The van der Waals surface area contributed by atoms with Crippen LogP contribution in [0.3, 0.4) is 0 Å². The van der Waals surface area contributed by atoms with Crippen molar-refractivity contribution < 1.29 is 14.6 Å². The molecule has 3 aromatic rings. The van der Waals surface area contributed by atoms with Gasteiger partial charge in [-0.3, -0.25) is 4.79 Å². The molecule has 3 heterocycles. The molecule has 1 aliphatic rings. The van der Waals surface area contributed by atoms with E-state index >= 15 is 0 Å². The maximum absolute atomic E-state index is 13.4. The first-order valence-electron chi connectivity index (χ1n) is 9.62. The molecule has 1 amide bonds. The van der Waals surface area contributed by atoms with Crippen LogP contribution in [0.4, 0.5) is 5.82 Å². The molecule has 0 fully saturated rings. The summed E-state index contributed by atoms with van der Waals surface area (Å²) in [5.41, 5.74) is 9.73. The van der Waals surface area contributed by atoms with Crippen LogP contribution < -0.4 is 5.73 Å². The Bertz CT molecular complexity index is 1110. The Hall–Kier alpha value is -2.81. The Labute approximate surface area is 178 Å². The van der Waals surface area contributed by atoms with Gasteiger partial charge in [0.25, 0.3) is 5.91 Å². The number of aliphatic hydroxyl groups is 1. The second kappa shape index (κ2) is 8.14. The molecule has 4 rings (SSSR count). The van der Waals surface area contributed by atoms with Gasteiger partial charge in [0.2, 0.25) is 0 Å². The normalized spacial score (nSPS) is 16.5. The number of carbonyl (C=O) groups is 1. The van der Waals surface area contributed by atoms with Crippen molar-refractivity contribution in [2.45, 2.75) is 39.1 Å². The zero-order valence-electron chi connectivity index (χ0n) is 16.7. The maximum atomic E-state index is 13.4. The van der Waals surface area contributed by atoms with E-state index in [1.807, 2.05) is 13.0 Å². The molecular formula is C21H22ClN5O3. The molecule has 0 aliphatic carbocycles. The molecule has 3 N–H and O–H groups in total. The van der Waals surface area contributed by atoms with Gasteiger partial charge in [-0.05, 0) is 49.7 Å². The number of benzene rings is 1. The number of amides is 1. The molecule has 2 aromatic heterocycles.